The molecular weight excluding hydrogens is 373 g/mol. The van der Waals surface area contributed by atoms with Gasteiger partial charge in [0, 0.05) is 13.1 Å². The summed E-state index contributed by atoms with van der Waals surface area (Å²) in [4.78, 5) is 13.3. The SMILES string of the molecule is COC(=O)c1ccc(N2CCC(C#N)(c3ccc(C(F)(F)F)cc3)CC2)nn1. The Bertz CT molecular complexity index is 881. The van der Waals surface area contributed by atoms with Crippen LogP contribution in [0.5, 0.6) is 0 Å². The zero-order chi connectivity index (χ0) is 20.4. The number of halogens is 3. The number of carbonyl (C=O) groups is 1. The van der Waals surface area contributed by atoms with Crippen molar-refractivity contribution in [3.8, 4) is 6.07 Å². The van der Waals surface area contributed by atoms with Crippen LogP contribution in [0.2, 0.25) is 0 Å². The highest BCUT2D eigenvalue weighted by Gasteiger charge is 2.38. The van der Waals surface area contributed by atoms with E-state index in [1.54, 1.807) is 6.07 Å². The van der Waals surface area contributed by atoms with Crippen LogP contribution in [0.25, 0.3) is 0 Å². The van der Waals surface area contributed by atoms with Crippen molar-refractivity contribution in [1.29, 1.82) is 5.26 Å². The zero-order valence-corrected chi connectivity index (χ0v) is 15.0. The molecule has 146 valence electrons. The largest absolute Gasteiger partial charge is 0.464 e. The maximum atomic E-state index is 12.8. The first-order valence-electron chi connectivity index (χ1n) is 8.55. The van der Waals surface area contributed by atoms with Gasteiger partial charge in [0.15, 0.2) is 11.5 Å². The van der Waals surface area contributed by atoms with E-state index in [2.05, 4.69) is 21.0 Å². The molecule has 0 aliphatic carbocycles. The fraction of sp³-hybridized carbons (Fsp3) is 0.368. The average molecular weight is 390 g/mol. The van der Waals surface area contributed by atoms with Gasteiger partial charge in [-0.1, -0.05) is 12.1 Å². The number of hydrogen-bond acceptors (Lipinski definition) is 6. The minimum Gasteiger partial charge on any atom is -0.464 e. The summed E-state index contributed by atoms with van der Waals surface area (Å²) in [5.74, 6) is -0.0184. The topological polar surface area (TPSA) is 79.1 Å². The number of aromatic nitrogens is 2. The number of benzene rings is 1. The van der Waals surface area contributed by atoms with Crippen molar-refractivity contribution >= 4 is 11.8 Å². The molecule has 0 spiro atoms. The van der Waals surface area contributed by atoms with Crippen molar-refractivity contribution in [2.45, 2.75) is 24.4 Å². The molecule has 2 heterocycles. The third kappa shape index (κ3) is 3.76. The number of methoxy groups -OCH3 is 1. The second kappa shape index (κ2) is 7.46. The van der Waals surface area contributed by atoms with Crippen molar-refractivity contribution in [2.24, 2.45) is 0 Å². The number of ether oxygens (including phenoxy) is 1. The van der Waals surface area contributed by atoms with Crippen LogP contribution >= 0.6 is 0 Å². The number of alkyl halides is 3. The maximum absolute atomic E-state index is 12.8. The third-order valence-corrected chi connectivity index (χ3v) is 4.96. The highest BCUT2D eigenvalue weighted by molar-refractivity contribution is 5.86. The second-order valence-corrected chi connectivity index (χ2v) is 6.52. The van der Waals surface area contributed by atoms with E-state index in [0.717, 1.165) is 12.1 Å². The van der Waals surface area contributed by atoms with Gasteiger partial charge in [-0.3, -0.25) is 0 Å². The Kier molecular flexibility index (Phi) is 5.23. The van der Waals surface area contributed by atoms with E-state index < -0.39 is 23.1 Å². The monoisotopic (exact) mass is 390 g/mol. The minimum atomic E-state index is -4.41. The number of hydrogen-bond donors (Lipinski definition) is 0. The average Bonchev–Trinajstić information content (AvgIpc) is 2.73. The van der Waals surface area contributed by atoms with Crippen LogP contribution < -0.4 is 4.90 Å². The Balaban J connectivity index is 1.73. The molecule has 0 unspecified atom stereocenters. The number of esters is 1. The van der Waals surface area contributed by atoms with Gasteiger partial charge in [0.05, 0.1) is 24.2 Å². The van der Waals surface area contributed by atoms with Crippen molar-refractivity contribution in [3.63, 3.8) is 0 Å². The van der Waals surface area contributed by atoms with E-state index in [1.165, 1.54) is 25.3 Å². The summed E-state index contributed by atoms with van der Waals surface area (Å²) in [5.41, 5.74) is -0.906. The molecule has 1 aromatic carbocycles. The van der Waals surface area contributed by atoms with E-state index >= 15 is 0 Å². The van der Waals surface area contributed by atoms with E-state index in [9.17, 15) is 23.2 Å². The lowest BCUT2D eigenvalue weighted by molar-refractivity contribution is -0.137. The summed E-state index contributed by atoms with van der Waals surface area (Å²) < 4.78 is 42.9. The van der Waals surface area contributed by atoms with Gasteiger partial charge in [0.25, 0.3) is 0 Å². The van der Waals surface area contributed by atoms with E-state index in [4.69, 9.17) is 0 Å². The molecule has 0 radical (unpaired) electrons. The van der Waals surface area contributed by atoms with Crippen LogP contribution in [-0.4, -0.2) is 36.4 Å². The summed E-state index contributed by atoms with van der Waals surface area (Å²) in [6, 6.07) is 10.2. The minimum absolute atomic E-state index is 0.0967. The fourth-order valence-corrected chi connectivity index (χ4v) is 3.27. The number of carbonyl (C=O) groups excluding carboxylic acids is 1. The molecule has 0 amide bonds. The Morgan fingerprint density at radius 3 is 2.25 bits per heavy atom. The lowest BCUT2D eigenvalue weighted by Gasteiger charge is -2.38. The smallest absolute Gasteiger partial charge is 0.416 e. The number of rotatable bonds is 3. The van der Waals surface area contributed by atoms with Crippen LogP contribution in [-0.2, 0) is 16.3 Å². The molecule has 28 heavy (non-hydrogen) atoms. The first-order chi connectivity index (χ1) is 13.3. The number of piperidine rings is 1. The van der Waals surface area contributed by atoms with Crippen LogP contribution in [0.1, 0.15) is 34.5 Å². The molecule has 1 aliphatic heterocycles. The molecular formula is C19H17F3N4O2. The zero-order valence-electron chi connectivity index (χ0n) is 15.0. The molecule has 9 heteroatoms. The van der Waals surface area contributed by atoms with Crippen LogP contribution in [0.15, 0.2) is 36.4 Å². The van der Waals surface area contributed by atoms with Gasteiger partial charge in [-0.25, -0.2) is 4.79 Å². The molecule has 1 aromatic heterocycles. The van der Waals surface area contributed by atoms with Gasteiger partial charge in [0.1, 0.15) is 0 Å². The molecule has 2 aromatic rings. The van der Waals surface area contributed by atoms with Gasteiger partial charge in [0.2, 0.25) is 0 Å². The normalized spacial score (nSPS) is 16.3. The van der Waals surface area contributed by atoms with Gasteiger partial charge < -0.3 is 9.64 Å². The molecule has 0 saturated carbocycles. The molecule has 1 aliphatic rings. The first kappa shape index (κ1) is 19.6. The van der Waals surface area contributed by atoms with Crippen LogP contribution in [0, 0.1) is 11.3 Å². The summed E-state index contributed by atoms with van der Waals surface area (Å²) in [6.07, 6.45) is -3.53. The molecule has 1 fully saturated rings. The van der Waals surface area contributed by atoms with Crippen molar-refractivity contribution in [2.75, 3.05) is 25.1 Å². The van der Waals surface area contributed by atoms with Crippen LogP contribution in [0.4, 0.5) is 19.0 Å². The predicted molar refractivity (Wildman–Crippen MR) is 93.6 cm³/mol. The molecule has 0 N–H and O–H groups in total. The lowest BCUT2D eigenvalue weighted by Crippen LogP contribution is -2.42. The Morgan fingerprint density at radius 2 is 1.79 bits per heavy atom. The van der Waals surface area contributed by atoms with E-state index in [1.807, 2.05) is 4.90 Å². The second-order valence-electron chi connectivity index (χ2n) is 6.52. The van der Waals surface area contributed by atoms with E-state index in [-0.39, 0.29) is 5.69 Å². The van der Waals surface area contributed by atoms with Gasteiger partial charge in [-0.15, -0.1) is 10.2 Å². The molecule has 0 atom stereocenters. The molecule has 3 rings (SSSR count). The van der Waals surface area contributed by atoms with Gasteiger partial charge >= 0.3 is 12.1 Å². The Hall–Kier alpha value is -3.15. The summed E-state index contributed by atoms with van der Waals surface area (Å²) in [6.45, 7) is 0.974. The molecule has 0 bridgehead atoms. The standard InChI is InChI=1S/C19H17F3N4O2/c1-28-17(27)15-6-7-16(25-24-15)26-10-8-18(12-23,9-11-26)13-2-4-14(5-3-13)19(20,21)22/h2-7H,8-11H2,1H3. The Morgan fingerprint density at radius 1 is 1.14 bits per heavy atom. The highest BCUT2D eigenvalue weighted by Crippen LogP contribution is 2.37. The fourth-order valence-electron chi connectivity index (χ4n) is 3.27. The lowest BCUT2D eigenvalue weighted by atomic mass is 9.74. The van der Waals surface area contributed by atoms with Crippen LogP contribution in [0.3, 0.4) is 0 Å². The van der Waals surface area contributed by atoms with Gasteiger partial charge in [-0.2, -0.15) is 18.4 Å². The van der Waals surface area contributed by atoms with E-state index in [0.29, 0.717) is 37.3 Å². The maximum Gasteiger partial charge on any atom is 0.416 e. The van der Waals surface area contributed by atoms with Crippen molar-refractivity contribution in [3.05, 3.63) is 53.2 Å². The van der Waals surface area contributed by atoms with Gasteiger partial charge in [-0.05, 0) is 42.7 Å². The number of nitrogens with zero attached hydrogens (tertiary/aromatic N) is 4. The molecule has 1 saturated heterocycles. The molecule has 6 nitrogen and oxygen atoms in total. The quantitative estimate of drug-likeness (QED) is 0.748. The third-order valence-electron chi connectivity index (χ3n) is 4.96. The summed E-state index contributed by atoms with van der Waals surface area (Å²) in [5, 5.41) is 17.6. The summed E-state index contributed by atoms with van der Waals surface area (Å²) >= 11 is 0. The summed E-state index contributed by atoms with van der Waals surface area (Å²) in [7, 11) is 1.26. The number of anilines is 1. The number of nitriles is 1. The highest BCUT2D eigenvalue weighted by atomic mass is 19.4. The van der Waals surface area contributed by atoms with Crippen molar-refractivity contribution in [1.82, 2.24) is 10.2 Å². The van der Waals surface area contributed by atoms with Crippen molar-refractivity contribution < 1.29 is 22.7 Å². The Labute approximate surface area is 159 Å². The predicted octanol–water partition coefficient (Wildman–Crippen LogP) is 3.34. The first-order valence-corrected chi connectivity index (χ1v) is 8.55.